The van der Waals surface area contributed by atoms with Crippen molar-refractivity contribution < 1.29 is 13.6 Å². The number of hydrogen-bond donors (Lipinski definition) is 2. The van der Waals surface area contributed by atoms with Crippen LogP contribution >= 0.6 is 23.4 Å². The number of pyridine rings is 1. The van der Waals surface area contributed by atoms with Crippen LogP contribution in [0.2, 0.25) is 5.02 Å². The topological polar surface area (TPSA) is 71.5 Å². The molecule has 0 amide bonds. The van der Waals surface area contributed by atoms with Crippen molar-refractivity contribution in [3.05, 3.63) is 59.2 Å². The van der Waals surface area contributed by atoms with Crippen LogP contribution in [0, 0.1) is 6.92 Å². The summed E-state index contributed by atoms with van der Waals surface area (Å²) in [6.07, 6.45) is 0. The molecule has 3 rings (SSSR count). The van der Waals surface area contributed by atoms with Gasteiger partial charge in [-0.05, 0) is 37.3 Å². The van der Waals surface area contributed by atoms with Gasteiger partial charge in [0.15, 0.2) is 5.75 Å². The molecule has 136 valence electrons. The van der Waals surface area contributed by atoms with Crippen molar-refractivity contribution in [2.24, 2.45) is 0 Å². The first-order chi connectivity index (χ1) is 12.6. The van der Waals surface area contributed by atoms with Crippen LogP contribution in [-0.4, -0.2) is 26.6 Å². The summed E-state index contributed by atoms with van der Waals surface area (Å²) in [4.78, 5) is 5.51. The average Bonchev–Trinajstić information content (AvgIpc) is 2.65. The molecule has 0 saturated heterocycles. The fourth-order valence-electron chi connectivity index (χ4n) is 2.30. The third kappa shape index (κ3) is 4.55. The van der Waals surface area contributed by atoms with Gasteiger partial charge in [0.05, 0.1) is 5.02 Å². The smallest absolute Gasteiger partial charge is 0.210 e. The second-order valence-corrected chi connectivity index (χ2v) is 8.08. The van der Waals surface area contributed by atoms with Crippen LogP contribution < -0.4 is 5.48 Å². The van der Waals surface area contributed by atoms with Crippen LogP contribution in [0.4, 0.5) is 0 Å². The summed E-state index contributed by atoms with van der Waals surface area (Å²) in [5, 5.41) is 11.4. The second-order valence-electron chi connectivity index (χ2n) is 5.43. The molecule has 0 saturated carbocycles. The summed E-state index contributed by atoms with van der Waals surface area (Å²) >= 11 is 5.96. The lowest BCUT2D eigenvalue weighted by atomic mass is 10.2. The number of hydrogen-bond acceptors (Lipinski definition) is 6. The van der Waals surface area contributed by atoms with Crippen LogP contribution in [0.5, 0.6) is 5.75 Å². The predicted molar refractivity (Wildman–Crippen MR) is 106 cm³/mol. The number of nitrogens with one attached hydrogen (secondary N) is 1. The Hall–Kier alpha value is -1.64. The Bertz CT molecular complexity index is 939. The molecule has 1 aromatic heterocycles. The molecular weight excluding hydrogens is 392 g/mol. The molecule has 5 nitrogen and oxygen atoms in total. The van der Waals surface area contributed by atoms with Crippen LogP contribution in [0.1, 0.15) is 5.69 Å². The molecule has 1 unspecified atom stereocenters. The zero-order chi connectivity index (χ0) is 18.5. The number of hydroxylamine groups is 1. The Kier molecular flexibility index (Phi) is 6.50. The van der Waals surface area contributed by atoms with Crippen molar-refractivity contribution in [3.8, 4) is 5.75 Å². The predicted octanol–water partition coefficient (Wildman–Crippen LogP) is 4.24. The van der Waals surface area contributed by atoms with Crippen LogP contribution in [-0.2, 0) is 15.4 Å². The highest BCUT2D eigenvalue weighted by atomic mass is 35.5. The maximum atomic E-state index is 12.4. The molecule has 1 atom stereocenters. The minimum absolute atomic E-state index is 0.0869. The van der Waals surface area contributed by atoms with Gasteiger partial charge in [0.1, 0.15) is 10.4 Å². The van der Waals surface area contributed by atoms with Crippen molar-refractivity contribution in [2.45, 2.75) is 16.7 Å². The van der Waals surface area contributed by atoms with Gasteiger partial charge in [-0.3, -0.25) is 0 Å². The lowest BCUT2D eigenvalue weighted by molar-refractivity contribution is 0.229. The minimum atomic E-state index is -1.91. The molecule has 1 heterocycles. The molecule has 0 aliphatic carbocycles. The number of nitrogens with zero attached hydrogens (tertiary/aromatic N) is 1. The van der Waals surface area contributed by atoms with Crippen LogP contribution in [0.3, 0.4) is 0 Å². The molecule has 0 radical (unpaired) electrons. The van der Waals surface area contributed by atoms with E-state index in [0.29, 0.717) is 22.5 Å². The van der Waals surface area contributed by atoms with Crippen molar-refractivity contribution in [1.29, 1.82) is 0 Å². The highest BCUT2D eigenvalue weighted by molar-refractivity contribution is 7.99. The van der Waals surface area contributed by atoms with E-state index in [2.05, 4.69) is 10.5 Å². The first-order valence-electron chi connectivity index (χ1n) is 7.85. The van der Waals surface area contributed by atoms with Crippen molar-refractivity contribution >= 4 is 45.3 Å². The zero-order valence-electron chi connectivity index (χ0n) is 13.9. The van der Waals surface area contributed by atoms with Gasteiger partial charge in [-0.25, -0.2) is 9.19 Å². The van der Waals surface area contributed by atoms with E-state index in [1.807, 2.05) is 30.3 Å². The Balaban J connectivity index is 1.62. The number of fused-ring (bicyclic) bond motifs is 1. The fraction of sp³-hybridized carbons (Fsp3) is 0.167. The summed E-state index contributed by atoms with van der Waals surface area (Å²) in [6, 6.07) is 15.0. The molecule has 2 N–H and O–H groups in total. The largest absolute Gasteiger partial charge is 0.504 e. The monoisotopic (exact) mass is 408 g/mol. The van der Waals surface area contributed by atoms with Gasteiger partial charge in [-0.15, -0.1) is 11.8 Å². The van der Waals surface area contributed by atoms with E-state index in [1.54, 1.807) is 30.8 Å². The maximum Gasteiger partial charge on any atom is 0.210 e. The molecule has 0 fully saturated rings. The number of aromatic nitrogens is 1. The van der Waals surface area contributed by atoms with Gasteiger partial charge in [0.25, 0.3) is 0 Å². The van der Waals surface area contributed by atoms with E-state index in [9.17, 15) is 9.32 Å². The summed E-state index contributed by atoms with van der Waals surface area (Å²) < 4.78 is 17.5. The number of phenolic OH excluding ortho intramolecular Hbond substituents is 1. The summed E-state index contributed by atoms with van der Waals surface area (Å²) in [5.41, 5.74) is 3.70. The summed E-state index contributed by atoms with van der Waals surface area (Å²) in [7, 11) is 0. The number of halogens is 1. The van der Waals surface area contributed by atoms with E-state index in [1.165, 1.54) is 6.07 Å². The van der Waals surface area contributed by atoms with Gasteiger partial charge in [0.2, 0.25) is 11.1 Å². The van der Waals surface area contributed by atoms with Crippen LogP contribution in [0.25, 0.3) is 10.9 Å². The van der Waals surface area contributed by atoms with Gasteiger partial charge in [0, 0.05) is 28.3 Å². The number of aromatic hydroxyl groups is 1. The van der Waals surface area contributed by atoms with Crippen molar-refractivity contribution in [3.63, 3.8) is 0 Å². The van der Waals surface area contributed by atoms with E-state index in [4.69, 9.17) is 15.9 Å². The molecule has 3 aromatic rings. The number of thioether (sulfide) groups is 1. The Morgan fingerprint density at radius 2 is 2.04 bits per heavy atom. The Labute approximate surface area is 163 Å². The highest BCUT2D eigenvalue weighted by Gasteiger charge is 2.17. The third-order valence-corrected chi connectivity index (χ3v) is 5.80. The molecule has 0 aliphatic rings. The van der Waals surface area contributed by atoms with E-state index in [0.717, 1.165) is 16.3 Å². The lowest BCUT2D eigenvalue weighted by Gasteiger charge is -2.10. The van der Waals surface area contributed by atoms with Gasteiger partial charge in [-0.2, -0.15) is 9.76 Å². The second kappa shape index (κ2) is 8.83. The normalized spacial score (nSPS) is 12.4. The van der Waals surface area contributed by atoms with Crippen LogP contribution in [0.15, 0.2) is 58.3 Å². The standard InChI is InChI=1S/C18H17ClN2O3S2/c1-12-7-8-14-15(19)11-16(18(22)17(14)21-12)26(23)24-20-9-10-25-13-5-3-2-4-6-13/h2-8,11,20,22H,9-10H2,1H3. The maximum absolute atomic E-state index is 12.4. The van der Waals surface area contributed by atoms with E-state index in [-0.39, 0.29) is 10.6 Å². The zero-order valence-corrected chi connectivity index (χ0v) is 16.3. The van der Waals surface area contributed by atoms with Crippen molar-refractivity contribution in [1.82, 2.24) is 10.5 Å². The summed E-state index contributed by atoms with van der Waals surface area (Å²) in [6.45, 7) is 2.30. The third-order valence-electron chi connectivity index (χ3n) is 3.54. The number of benzene rings is 2. The SMILES string of the molecule is Cc1ccc2c(Cl)cc(S(=O)ONCCSc3ccccc3)c(O)c2n1. The first kappa shape index (κ1) is 19.1. The van der Waals surface area contributed by atoms with Gasteiger partial charge >= 0.3 is 0 Å². The lowest BCUT2D eigenvalue weighted by Crippen LogP contribution is -2.19. The molecule has 0 spiro atoms. The average molecular weight is 409 g/mol. The molecule has 0 bridgehead atoms. The number of rotatable bonds is 7. The molecule has 2 aromatic carbocycles. The number of aryl methyl sites for hydroxylation is 1. The Morgan fingerprint density at radius 3 is 2.81 bits per heavy atom. The van der Waals surface area contributed by atoms with E-state index >= 15 is 0 Å². The first-order valence-corrected chi connectivity index (χ1v) is 10.3. The molecule has 26 heavy (non-hydrogen) atoms. The minimum Gasteiger partial charge on any atom is -0.504 e. The Morgan fingerprint density at radius 1 is 1.27 bits per heavy atom. The van der Waals surface area contributed by atoms with Gasteiger partial charge in [-0.1, -0.05) is 29.8 Å². The van der Waals surface area contributed by atoms with E-state index < -0.39 is 11.1 Å². The summed E-state index contributed by atoms with van der Waals surface area (Å²) in [5.74, 6) is 0.554. The van der Waals surface area contributed by atoms with Crippen molar-refractivity contribution in [2.75, 3.05) is 12.3 Å². The number of phenols is 1. The fourth-order valence-corrected chi connectivity index (χ4v) is 4.15. The quantitative estimate of drug-likeness (QED) is 0.346. The highest BCUT2D eigenvalue weighted by Crippen LogP contribution is 2.35. The van der Waals surface area contributed by atoms with Gasteiger partial charge < -0.3 is 5.11 Å². The molecule has 8 heteroatoms. The molecule has 0 aliphatic heterocycles. The molecular formula is C18H17ClN2O3S2.